The van der Waals surface area contributed by atoms with Crippen LogP contribution in [-0.2, 0) is 4.74 Å². The number of rotatable bonds is 6. The molecule has 0 radical (unpaired) electrons. The summed E-state index contributed by atoms with van der Waals surface area (Å²) in [6.45, 7) is 6.62. The minimum Gasteiger partial charge on any atom is -0.385 e. The first kappa shape index (κ1) is 15.8. The van der Waals surface area contributed by atoms with Crippen LogP contribution in [-0.4, -0.2) is 43.7 Å². The molecule has 1 unspecified atom stereocenters. The molecule has 0 saturated carbocycles. The van der Waals surface area contributed by atoms with Crippen molar-refractivity contribution in [3.63, 3.8) is 0 Å². The summed E-state index contributed by atoms with van der Waals surface area (Å²) < 4.78 is 5.59. The second-order valence-electron chi connectivity index (χ2n) is 5.78. The van der Waals surface area contributed by atoms with Crippen molar-refractivity contribution in [3.8, 4) is 0 Å². The number of benzene rings is 1. The van der Waals surface area contributed by atoms with Gasteiger partial charge in [0.2, 0.25) is 0 Å². The SMILES string of the molecule is CCCNc1ccc(C(=O)N(C)CC2CCCO2)cc1C. The molecule has 2 rings (SSSR count). The molecule has 1 amide bonds. The van der Waals surface area contributed by atoms with Crippen LogP contribution in [0.15, 0.2) is 18.2 Å². The van der Waals surface area contributed by atoms with E-state index in [1.54, 1.807) is 4.90 Å². The van der Waals surface area contributed by atoms with E-state index in [9.17, 15) is 4.79 Å². The van der Waals surface area contributed by atoms with Crippen LogP contribution in [0.4, 0.5) is 5.69 Å². The quantitative estimate of drug-likeness (QED) is 0.875. The van der Waals surface area contributed by atoms with Crippen LogP contribution in [0.3, 0.4) is 0 Å². The highest BCUT2D eigenvalue weighted by molar-refractivity contribution is 5.94. The largest absolute Gasteiger partial charge is 0.385 e. The third-order valence-corrected chi connectivity index (χ3v) is 3.89. The molecule has 116 valence electrons. The summed E-state index contributed by atoms with van der Waals surface area (Å²) in [5.41, 5.74) is 2.96. The molecule has 4 nitrogen and oxygen atoms in total. The Morgan fingerprint density at radius 1 is 1.48 bits per heavy atom. The van der Waals surface area contributed by atoms with Crippen LogP contribution >= 0.6 is 0 Å². The number of nitrogens with zero attached hydrogens (tertiary/aromatic N) is 1. The lowest BCUT2D eigenvalue weighted by Crippen LogP contribution is -2.34. The Morgan fingerprint density at radius 2 is 2.29 bits per heavy atom. The van der Waals surface area contributed by atoms with Crippen molar-refractivity contribution in [2.24, 2.45) is 0 Å². The van der Waals surface area contributed by atoms with E-state index in [0.717, 1.165) is 49.2 Å². The van der Waals surface area contributed by atoms with Gasteiger partial charge in [0, 0.05) is 38.0 Å². The van der Waals surface area contributed by atoms with Gasteiger partial charge in [-0.25, -0.2) is 0 Å². The molecule has 0 aliphatic carbocycles. The molecule has 1 aromatic rings. The van der Waals surface area contributed by atoms with Crippen molar-refractivity contribution in [1.82, 2.24) is 4.90 Å². The molecule has 0 spiro atoms. The third kappa shape index (κ3) is 4.21. The van der Waals surface area contributed by atoms with Gasteiger partial charge in [0.1, 0.15) is 0 Å². The molecule has 4 heteroatoms. The van der Waals surface area contributed by atoms with Gasteiger partial charge in [0.05, 0.1) is 6.10 Å². The maximum absolute atomic E-state index is 12.5. The monoisotopic (exact) mass is 290 g/mol. The average Bonchev–Trinajstić information content (AvgIpc) is 2.98. The molecule has 1 saturated heterocycles. The smallest absolute Gasteiger partial charge is 0.253 e. The van der Waals surface area contributed by atoms with E-state index in [-0.39, 0.29) is 12.0 Å². The van der Waals surface area contributed by atoms with Crippen LogP contribution < -0.4 is 5.32 Å². The topological polar surface area (TPSA) is 41.6 Å². The van der Waals surface area contributed by atoms with Crippen LogP contribution in [0, 0.1) is 6.92 Å². The van der Waals surface area contributed by atoms with Gasteiger partial charge in [-0.05, 0) is 49.9 Å². The zero-order valence-electron chi connectivity index (χ0n) is 13.3. The molecule has 1 fully saturated rings. The first-order valence-electron chi connectivity index (χ1n) is 7.83. The van der Waals surface area contributed by atoms with Crippen LogP contribution in [0.2, 0.25) is 0 Å². The van der Waals surface area contributed by atoms with Gasteiger partial charge in [-0.1, -0.05) is 6.92 Å². The van der Waals surface area contributed by atoms with E-state index in [4.69, 9.17) is 4.74 Å². The second kappa shape index (κ2) is 7.46. The van der Waals surface area contributed by atoms with E-state index in [2.05, 4.69) is 12.2 Å². The Morgan fingerprint density at radius 3 is 2.90 bits per heavy atom. The number of likely N-dealkylation sites (N-methyl/N-ethyl adjacent to an activating group) is 1. The summed E-state index contributed by atoms with van der Waals surface area (Å²) in [5.74, 6) is 0.0654. The predicted octanol–water partition coefficient (Wildman–Crippen LogP) is 3.07. The van der Waals surface area contributed by atoms with E-state index >= 15 is 0 Å². The highest BCUT2D eigenvalue weighted by atomic mass is 16.5. The molecule has 1 aliphatic heterocycles. The number of hydrogen-bond donors (Lipinski definition) is 1. The Labute approximate surface area is 127 Å². The minimum atomic E-state index is 0.0654. The maximum atomic E-state index is 12.5. The standard InChI is InChI=1S/C17H26N2O2/c1-4-9-18-16-8-7-14(11-13(16)2)17(20)19(3)12-15-6-5-10-21-15/h7-8,11,15,18H,4-6,9-10,12H2,1-3H3. The van der Waals surface area contributed by atoms with Crippen LogP contribution in [0.5, 0.6) is 0 Å². The fraction of sp³-hybridized carbons (Fsp3) is 0.588. The molecule has 1 aromatic carbocycles. The third-order valence-electron chi connectivity index (χ3n) is 3.89. The van der Waals surface area contributed by atoms with Crippen molar-refractivity contribution in [2.75, 3.05) is 32.1 Å². The molecule has 1 atom stereocenters. The lowest BCUT2D eigenvalue weighted by molar-refractivity contribution is 0.0587. The van der Waals surface area contributed by atoms with Gasteiger partial charge >= 0.3 is 0 Å². The summed E-state index contributed by atoms with van der Waals surface area (Å²) in [4.78, 5) is 14.2. The van der Waals surface area contributed by atoms with Gasteiger partial charge in [-0.15, -0.1) is 0 Å². The number of anilines is 1. The van der Waals surface area contributed by atoms with E-state index in [1.165, 1.54) is 0 Å². The lowest BCUT2D eigenvalue weighted by atomic mass is 10.1. The van der Waals surface area contributed by atoms with Gasteiger partial charge in [0.25, 0.3) is 5.91 Å². The Balaban J connectivity index is 1.99. The fourth-order valence-corrected chi connectivity index (χ4v) is 2.65. The first-order valence-corrected chi connectivity index (χ1v) is 7.83. The number of nitrogens with one attached hydrogen (secondary N) is 1. The van der Waals surface area contributed by atoms with Crippen molar-refractivity contribution < 1.29 is 9.53 Å². The number of carbonyl (C=O) groups is 1. The Kier molecular flexibility index (Phi) is 5.62. The molecular formula is C17H26N2O2. The minimum absolute atomic E-state index is 0.0654. The number of amides is 1. The normalized spacial score (nSPS) is 17.8. The molecule has 1 N–H and O–H groups in total. The first-order chi connectivity index (χ1) is 10.1. The molecule has 0 aromatic heterocycles. The molecule has 1 aliphatic rings. The lowest BCUT2D eigenvalue weighted by Gasteiger charge is -2.21. The van der Waals surface area contributed by atoms with Crippen molar-refractivity contribution >= 4 is 11.6 Å². The summed E-state index contributed by atoms with van der Waals surface area (Å²) in [6, 6.07) is 5.86. The summed E-state index contributed by atoms with van der Waals surface area (Å²) >= 11 is 0. The fourth-order valence-electron chi connectivity index (χ4n) is 2.65. The maximum Gasteiger partial charge on any atom is 0.253 e. The molecule has 1 heterocycles. The highest BCUT2D eigenvalue weighted by Crippen LogP contribution is 2.19. The molecule has 21 heavy (non-hydrogen) atoms. The van der Waals surface area contributed by atoms with E-state index < -0.39 is 0 Å². The van der Waals surface area contributed by atoms with Gasteiger partial charge in [0.15, 0.2) is 0 Å². The van der Waals surface area contributed by atoms with E-state index in [1.807, 2.05) is 32.2 Å². The van der Waals surface area contributed by atoms with Gasteiger partial charge in [-0.2, -0.15) is 0 Å². The van der Waals surface area contributed by atoms with Gasteiger partial charge in [-0.3, -0.25) is 4.79 Å². The predicted molar refractivity (Wildman–Crippen MR) is 85.9 cm³/mol. The van der Waals surface area contributed by atoms with Crippen molar-refractivity contribution in [3.05, 3.63) is 29.3 Å². The number of ether oxygens (including phenoxy) is 1. The van der Waals surface area contributed by atoms with Crippen LogP contribution in [0.25, 0.3) is 0 Å². The van der Waals surface area contributed by atoms with Crippen molar-refractivity contribution in [2.45, 2.75) is 39.2 Å². The average molecular weight is 290 g/mol. The molecular weight excluding hydrogens is 264 g/mol. The van der Waals surface area contributed by atoms with E-state index in [0.29, 0.717) is 6.54 Å². The Bertz CT molecular complexity index is 482. The number of aryl methyl sites for hydroxylation is 1. The molecule has 0 bridgehead atoms. The zero-order valence-corrected chi connectivity index (χ0v) is 13.3. The number of carbonyl (C=O) groups excluding carboxylic acids is 1. The summed E-state index contributed by atoms with van der Waals surface area (Å²) in [7, 11) is 1.85. The second-order valence-corrected chi connectivity index (χ2v) is 5.78. The van der Waals surface area contributed by atoms with Crippen LogP contribution in [0.1, 0.15) is 42.1 Å². The summed E-state index contributed by atoms with van der Waals surface area (Å²) in [6.07, 6.45) is 3.44. The number of hydrogen-bond acceptors (Lipinski definition) is 3. The van der Waals surface area contributed by atoms with Crippen molar-refractivity contribution in [1.29, 1.82) is 0 Å². The van der Waals surface area contributed by atoms with Gasteiger partial charge < -0.3 is 15.0 Å². The Hall–Kier alpha value is -1.55. The highest BCUT2D eigenvalue weighted by Gasteiger charge is 2.21. The summed E-state index contributed by atoms with van der Waals surface area (Å²) in [5, 5.41) is 3.37. The zero-order chi connectivity index (χ0) is 15.2.